The van der Waals surface area contributed by atoms with Crippen LogP contribution in [0.3, 0.4) is 0 Å². The zero-order chi connectivity index (χ0) is 18.6. The summed E-state index contributed by atoms with van der Waals surface area (Å²) in [7, 11) is -3.49. The fourth-order valence-corrected chi connectivity index (χ4v) is 3.89. The van der Waals surface area contributed by atoms with Crippen LogP contribution in [0.15, 0.2) is 24.4 Å². The van der Waals surface area contributed by atoms with Crippen LogP contribution in [0.2, 0.25) is 10.0 Å². The van der Waals surface area contributed by atoms with Gasteiger partial charge in [-0.1, -0.05) is 28.4 Å². The van der Waals surface area contributed by atoms with Gasteiger partial charge in [0.1, 0.15) is 0 Å². The maximum absolute atomic E-state index is 12.2. The molecule has 11 heteroatoms. The maximum Gasteiger partial charge on any atom is 0.234 e. The molecule has 1 aromatic heterocycles. The first-order valence-electron chi connectivity index (χ1n) is 8.11. The highest BCUT2D eigenvalue weighted by Gasteiger charge is 2.16. The molecule has 8 nitrogen and oxygen atoms in total. The number of aromatic nitrogens is 3. The lowest BCUT2D eigenvalue weighted by atomic mass is 10.3. The average molecular weight is 420 g/mol. The number of hydrogen-bond donors (Lipinski definition) is 1. The van der Waals surface area contributed by atoms with E-state index in [0.717, 1.165) is 19.6 Å². The van der Waals surface area contributed by atoms with Gasteiger partial charge in [0.2, 0.25) is 10.0 Å². The summed E-state index contributed by atoms with van der Waals surface area (Å²) < 4.78 is 33.6. The Bertz CT molecular complexity index is 853. The first-order chi connectivity index (χ1) is 12.4. The number of halogens is 2. The third kappa shape index (κ3) is 5.31. The number of ether oxygens (including phenoxy) is 1. The van der Waals surface area contributed by atoms with E-state index in [1.807, 2.05) is 0 Å². The third-order valence-corrected chi connectivity index (χ3v) is 6.00. The molecule has 2 aromatic rings. The van der Waals surface area contributed by atoms with Gasteiger partial charge in [-0.3, -0.25) is 9.62 Å². The molecule has 0 saturated carbocycles. The minimum absolute atomic E-state index is 0.0178. The van der Waals surface area contributed by atoms with Crippen molar-refractivity contribution in [3.05, 3.63) is 34.4 Å². The number of nitrogens with zero attached hydrogens (tertiary/aromatic N) is 4. The fraction of sp³-hybridized carbons (Fsp3) is 0.467. The van der Waals surface area contributed by atoms with Crippen LogP contribution in [-0.2, 0) is 14.8 Å². The first kappa shape index (κ1) is 19.4. The van der Waals surface area contributed by atoms with Crippen molar-refractivity contribution < 1.29 is 13.2 Å². The van der Waals surface area contributed by atoms with Crippen LogP contribution < -0.4 is 4.72 Å². The van der Waals surface area contributed by atoms with E-state index in [0.29, 0.717) is 35.4 Å². The van der Waals surface area contributed by atoms with Crippen molar-refractivity contribution in [3.8, 4) is 5.69 Å². The lowest BCUT2D eigenvalue weighted by Gasteiger charge is -2.26. The summed E-state index contributed by atoms with van der Waals surface area (Å²) in [5.74, 6) is 0.173. The molecule has 0 amide bonds. The van der Waals surface area contributed by atoms with E-state index in [4.69, 9.17) is 27.9 Å². The molecule has 2 heterocycles. The van der Waals surface area contributed by atoms with Crippen molar-refractivity contribution in [1.82, 2.24) is 19.9 Å². The van der Waals surface area contributed by atoms with Crippen molar-refractivity contribution >= 4 is 39.0 Å². The van der Waals surface area contributed by atoms with E-state index < -0.39 is 10.0 Å². The number of nitrogens with one attached hydrogen (secondary N) is 1. The average Bonchev–Trinajstić information content (AvgIpc) is 3.06. The van der Waals surface area contributed by atoms with Crippen LogP contribution in [0, 0.1) is 0 Å². The summed E-state index contributed by atoms with van der Waals surface area (Å²) in [5, 5.41) is 8.57. The molecule has 142 valence electrons. The Morgan fingerprint density at radius 2 is 1.96 bits per heavy atom. The molecule has 3 rings (SSSR count). The highest BCUT2D eigenvalue weighted by Crippen LogP contribution is 2.24. The molecule has 0 aliphatic carbocycles. The Kier molecular flexibility index (Phi) is 6.36. The molecular formula is C15H19Cl2N5O3S. The summed E-state index contributed by atoms with van der Waals surface area (Å²) in [6, 6.07) is 4.97. The third-order valence-electron chi connectivity index (χ3n) is 3.91. The minimum Gasteiger partial charge on any atom is -0.379 e. The predicted octanol–water partition coefficient (Wildman–Crippen LogP) is 2.04. The van der Waals surface area contributed by atoms with Crippen LogP contribution in [0.1, 0.15) is 6.42 Å². The minimum atomic E-state index is -3.49. The summed E-state index contributed by atoms with van der Waals surface area (Å²) in [5.41, 5.74) is 0.629. The van der Waals surface area contributed by atoms with Crippen LogP contribution in [0.4, 0.5) is 5.82 Å². The van der Waals surface area contributed by atoms with Crippen LogP contribution in [-0.4, -0.2) is 66.9 Å². The molecule has 26 heavy (non-hydrogen) atoms. The second-order valence-corrected chi connectivity index (χ2v) is 8.53. The van der Waals surface area contributed by atoms with Gasteiger partial charge < -0.3 is 4.74 Å². The van der Waals surface area contributed by atoms with Gasteiger partial charge in [0.05, 0.1) is 40.9 Å². The molecule has 1 saturated heterocycles. The Hall–Kier alpha value is -1.39. The SMILES string of the molecule is O=S(=O)(CCCN1CCOCC1)Nc1cn(-c2ccc(Cl)c(Cl)c2)nn1. The van der Waals surface area contributed by atoms with E-state index in [1.165, 1.54) is 10.9 Å². The van der Waals surface area contributed by atoms with Gasteiger partial charge in [0, 0.05) is 13.1 Å². The quantitative estimate of drug-likeness (QED) is 0.738. The summed E-state index contributed by atoms with van der Waals surface area (Å²) in [6.07, 6.45) is 2.02. The van der Waals surface area contributed by atoms with Crippen molar-refractivity contribution in [2.75, 3.05) is 43.3 Å². The Morgan fingerprint density at radius 1 is 1.19 bits per heavy atom. The molecule has 0 radical (unpaired) electrons. The molecule has 0 spiro atoms. The van der Waals surface area contributed by atoms with Gasteiger partial charge in [0.25, 0.3) is 0 Å². The maximum atomic E-state index is 12.2. The van der Waals surface area contributed by atoms with E-state index in [2.05, 4.69) is 19.9 Å². The van der Waals surface area contributed by atoms with Crippen LogP contribution in [0.5, 0.6) is 0 Å². The Morgan fingerprint density at radius 3 is 2.69 bits per heavy atom. The lowest BCUT2D eigenvalue weighted by Crippen LogP contribution is -2.37. The molecule has 1 aromatic carbocycles. The molecule has 0 bridgehead atoms. The lowest BCUT2D eigenvalue weighted by molar-refractivity contribution is 0.0381. The van der Waals surface area contributed by atoms with E-state index >= 15 is 0 Å². The largest absolute Gasteiger partial charge is 0.379 e. The zero-order valence-corrected chi connectivity index (χ0v) is 16.3. The second kappa shape index (κ2) is 8.53. The van der Waals surface area contributed by atoms with Crippen molar-refractivity contribution in [2.45, 2.75) is 6.42 Å². The number of morpholine rings is 1. The number of rotatable bonds is 7. The molecular weight excluding hydrogens is 401 g/mol. The Balaban J connectivity index is 1.56. The molecule has 1 aliphatic rings. The topological polar surface area (TPSA) is 89.4 Å². The standard InChI is InChI=1S/C15H19Cl2N5O3S/c16-13-3-2-12(10-14(13)17)22-11-15(18-20-22)19-26(23,24)9-1-4-21-5-7-25-8-6-21/h2-3,10-11,19H,1,4-9H2. The van der Waals surface area contributed by atoms with Gasteiger partial charge >= 0.3 is 0 Å². The number of anilines is 1. The van der Waals surface area contributed by atoms with Crippen molar-refractivity contribution in [3.63, 3.8) is 0 Å². The van der Waals surface area contributed by atoms with Gasteiger partial charge in [-0.15, -0.1) is 5.10 Å². The second-order valence-electron chi connectivity index (χ2n) is 5.88. The smallest absolute Gasteiger partial charge is 0.234 e. The predicted molar refractivity (Wildman–Crippen MR) is 101 cm³/mol. The highest BCUT2D eigenvalue weighted by molar-refractivity contribution is 7.92. The number of benzene rings is 1. The fourth-order valence-electron chi connectivity index (χ4n) is 2.58. The molecule has 0 unspecified atom stereocenters. The van der Waals surface area contributed by atoms with Gasteiger partial charge in [-0.2, -0.15) is 0 Å². The summed E-state index contributed by atoms with van der Waals surface area (Å²) >= 11 is 11.9. The summed E-state index contributed by atoms with van der Waals surface area (Å²) in [4.78, 5) is 2.19. The van der Waals surface area contributed by atoms with Crippen LogP contribution in [0.25, 0.3) is 5.69 Å². The van der Waals surface area contributed by atoms with E-state index in [-0.39, 0.29) is 11.6 Å². The summed E-state index contributed by atoms with van der Waals surface area (Å²) in [6.45, 7) is 3.79. The van der Waals surface area contributed by atoms with Crippen molar-refractivity contribution in [1.29, 1.82) is 0 Å². The molecule has 1 aliphatic heterocycles. The van der Waals surface area contributed by atoms with E-state index in [1.54, 1.807) is 18.2 Å². The van der Waals surface area contributed by atoms with Gasteiger partial charge in [0.15, 0.2) is 5.82 Å². The van der Waals surface area contributed by atoms with E-state index in [9.17, 15) is 8.42 Å². The first-order valence-corrected chi connectivity index (χ1v) is 10.5. The normalized spacial score (nSPS) is 15.9. The molecule has 0 atom stereocenters. The van der Waals surface area contributed by atoms with Gasteiger partial charge in [-0.05, 0) is 31.2 Å². The van der Waals surface area contributed by atoms with Gasteiger partial charge in [-0.25, -0.2) is 13.1 Å². The zero-order valence-electron chi connectivity index (χ0n) is 13.9. The number of hydrogen-bond acceptors (Lipinski definition) is 6. The van der Waals surface area contributed by atoms with Crippen molar-refractivity contribution in [2.24, 2.45) is 0 Å². The van der Waals surface area contributed by atoms with Crippen LogP contribution >= 0.6 is 23.2 Å². The molecule has 1 N–H and O–H groups in total. The number of sulfonamides is 1. The Labute approximate surface area is 162 Å². The highest BCUT2D eigenvalue weighted by atomic mass is 35.5. The molecule has 1 fully saturated rings. The monoisotopic (exact) mass is 419 g/mol.